The number of benzene rings is 1. The van der Waals surface area contributed by atoms with E-state index in [2.05, 4.69) is 15.5 Å². The SMILES string of the molecule is Cc1ccc(NC(=O)c2cn[nH]c2C)cc1N. The summed E-state index contributed by atoms with van der Waals surface area (Å²) in [6.45, 7) is 3.71. The molecule has 0 bridgehead atoms. The summed E-state index contributed by atoms with van der Waals surface area (Å²) in [6, 6.07) is 5.43. The quantitative estimate of drug-likeness (QED) is 0.688. The number of aromatic amines is 1. The standard InChI is InChI=1S/C12H14N4O/c1-7-3-4-9(5-11(7)13)15-12(17)10-6-14-16-8(10)2/h3-6H,13H2,1-2H3,(H,14,16)(H,15,17). The highest BCUT2D eigenvalue weighted by atomic mass is 16.1. The van der Waals surface area contributed by atoms with E-state index in [1.165, 1.54) is 6.20 Å². The number of aryl methyl sites for hydroxylation is 2. The molecule has 0 unspecified atom stereocenters. The number of hydrogen-bond donors (Lipinski definition) is 3. The van der Waals surface area contributed by atoms with Crippen LogP contribution in [0.1, 0.15) is 21.6 Å². The van der Waals surface area contributed by atoms with Gasteiger partial charge in [-0.3, -0.25) is 9.89 Å². The number of carbonyl (C=O) groups excluding carboxylic acids is 1. The molecule has 0 aliphatic carbocycles. The first-order valence-electron chi connectivity index (χ1n) is 5.25. The minimum atomic E-state index is -0.195. The van der Waals surface area contributed by atoms with Crippen molar-refractivity contribution in [3.05, 3.63) is 41.2 Å². The maximum Gasteiger partial charge on any atom is 0.259 e. The van der Waals surface area contributed by atoms with Crippen LogP contribution < -0.4 is 11.1 Å². The first kappa shape index (κ1) is 11.2. The Labute approximate surface area is 99.0 Å². The molecule has 0 saturated carbocycles. The van der Waals surface area contributed by atoms with Crippen LogP contribution in [0.5, 0.6) is 0 Å². The Balaban J connectivity index is 2.19. The summed E-state index contributed by atoms with van der Waals surface area (Å²) in [4.78, 5) is 11.9. The lowest BCUT2D eigenvalue weighted by Gasteiger charge is -2.06. The van der Waals surface area contributed by atoms with Crippen molar-refractivity contribution in [3.63, 3.8) is 0 Å². The summed E-state index contributed by atoms with van der Waals surface area (Å²) in [5, 5.41) is 9.30. The second-order valence-corrected chi connectivity index (χ2v) is 3.93. The van der Waals surface area contributed by atoms with Crippen LogP contribution in [0, 0.1) is 13.8 Å². The van der Waals surface area contributed by atoms with E-state index < -0.39 is 0 Å². The van der Waals surface area contributed by atoms with Gasteiger partial charge in [0, 0.05) is 17.1 Å². The average Bonchev–Trinajstić information content (AvgIpc) is 2.70. The first-order valence-corrected chi connectivity index (χ1v) is 5.25. The van der Waals surface area contributed by atoms with Gasteiger partial charge in [-0.15, -0.1) is 0 Å². The van der Waals surface area contributed by atoms with Gasteiger partial charge in [0.2, 0.25) is 0 Å². The largest absolute Gasteiger partial charge is 0.398 e. The van der Waals surface area contributed by atoms with Crippen LogP contribution in [-0.4, -0.2) is 16.1 Å². The lowest BCUT2D eigenvalue weighted by Crippen LogP contribution is -2.12. The van der Waals surface area contributed by atoms with Gasteiger partial charge in [-0.1, -0.05) is 6.07 Å². The molecule has 2 aromatic rings. The van der Waals surface area contributed by atoms with Crippen LogP contribution in [0.4, 0.5) is 11.4 Å². The van der Waals surface area contributed by atoms with E-state index in [4.69, 9.17) is 5.73 Å². The Morgan fingerprint density at radius 1 is 1.41 bits per heavy atom. The maximum absolute atomic E-state index is 11.9. The topological polar surface area (TPSA) is 83.8 Å². The Bertz CT molecular complexity index is 559. The van der Waals surface area contributed by atoms with Crippen molar-refractivity contribution in [1.82, 2.24) is 10.2 Å². The van der Waals surface area contributed by atoms with Gasteiger partial charge in [0.25, 0.3) is 5.91 Å². The molecule has 88 valence electrons. The van der Waals surface area contributed by atoms with Crippen LogP contribution in [-0.2, 0) is 0 Å². The zero-order valence-corrected chi connectivity index (χ0v) is 9.74. The summed E-state index contributed by atoms with van der Waals surface area (Å²) in [6.07, 6.45) is 1.50. The number of nitrogens with zero attached hydrogens (tertiary/aromatic N) is 1. The number of anilines is 2. The molecule has 1 amide bonds. The van der Waals surface area contributed by atoms with E-state index >= 15 is 0 Å². The van der Waals surface area contributed by atoms with Crippen molar-refractivity contribution in [3.8, 4) is 0 Å². The number of amides is 1. The fourth-order valence-electron chi connectivity index (χ4n) is 1.50. The first-order chi connectivity index (χ1) is 8.08. The van der Waals surface area contributed by atoms with Gasteiger partial charge in [-0.05, 0) is 31.5 Å². The van der Waals surface area contributed by atoms with Gasteiger partial charge >= 0.3 is 0 Å². The number of H-pyrrole nitrogens is 1. The highest BCUT2D eigenvalue weighted by Crippen LogP contribution is 2.17. The molecular formula is C12H14N4O. The van der Waals surface area contributed by atoms with Crippen molar-refractivity contribution >= 4 is 17.3 Å². The van der Waals surface area contributed by atoms with Crippen molar-refractivity contribution in [2.24, 2.45) is 0 Å². The second kappa shape index (κ2) is 4.29. The Morgan fingerprint density at radius 3 is 2.76 bits per heavy atom. The van der Waals surface area contributed by atoms with Gasteiger partial charge in [-0.2, -0.15) is 5.10 Å². The highest BCUT2D eigenvalue weighted by molar-refractivity contribution is 6.05. The average molecular weight is 230 g/mol. The second-order valence-electron chi connectivity index (χ2n) is 3.93. The number of nitrogens with one attached hydrogen (secondary N) is 2. The summed E-state index contributed by atoms with van der Waals surface area (Å²) in [5.74, 6) is -0.195. The molecule has 17 heavy (non-hydrogen) atoms. The van der Waals surface area contributed by atoms with E-state index in [1.54, 1.807) is 13.0 Å². The van der Waals surface area contributed by atoms with Crippen LogP contribution in [0.25, 0.3) is 0 Å². The minimum absolute atomic E-state index is 0.195. The molecular weight excluding hydrogens is 216 g/mol. The fraction of sp³-hybridized carbons (Fsp3) is 0.167. The lowest BCUT2D eigenvalue weighted by molar-refractivity contribution is 0.102. The number of nitrogens with two attached hydrogens (primary N) is 1. The van der Waals surface area contributed by atoms with E-state index in [-0.39, 0.29) is 5.91 Å². The monoisotopic (exact) mass is 230 g/mol. The molecule has 0 fully saturated rings. The molecule has 0 atom stereocenters. The number of rotatable bonds is 2. The Hall–Kier alpha value is -2.30. The molecule has 0 saturated heterocycles. The molecule has 0 aliphatic rings. The molecule has 0 spiro atoms. The molecule has 1 heterocycles. The summed E-state index contributed by atoms with van der Waals surface area (Å²) >= 11 is 0. The number of nitrogen functional groups attached to an aromatic ring is 1. The van der Waals surface area contributed by atoms with Gasteiger partial charge in [0.15, 0.2) is 0 Å². The zero-order chi connectivity index (χ0) is 12.4. The fourth-order valence-corrected chi connectivity index (χ4v) is 1.50. The van der Waals surface area contributed by atoms with E-state index in [0.29, 0.717) is 16.9 Å². The number of aromatic nitrogens is 2. The zero-order valence-electron chi connectivity index (χ0n) is 9.74. The van der Waals surface area contributed by atoms with E-state index in [9.17, 15) is 4.79 Å². The smallest absolute Gasteiger partial charge is 0.259 e. The summed E-state index contributed by atoms with van der Waals surface area (Å²) in [7, 11) is 0. The van der Waals surface area contributed by atoms with Crippen LogP contribution in [0.2, 0.25) is 0 Å². The third kappa shape index (κ3) is 2.28. The van der Waals surface area contributed by atoms with Crippen LogP contribution in [0.15, 0.2) is 24.4 Å². The van der Waals surface area contributed by atoms with E-state index in [0.717, 1.165) is 11.3 Å². The van der Waals surface area contributed by atoms with Gasteiger partial charge < -0.3 is 11.1 Å². The van der Waals surface area contributed by atoms with Gasteiger partial charge in [-0.25, -0.2) is 0 Å². The molecule has 5 nitrogen and oxygen atoms in total. The van der Waals surface area contributed by atoms with Crippen molar-refractivity contribution in [2.45, 2.75) is 13.8 Å². The molecule has 5 heteroatoms. The predicted octanol–water partition coefficient (Wildman–Crippen LogP) is 1.86. The maximum atomic E-state index is 11.9. The molecule has 1 aromatic carbocycles. The number of carbonyl (C=O) groups is 1. The lowest BCUT2D eigenvalue weighted by atomic mass is 10.2. The van der Waals surface area contributed by atoms with Crippen LogP contribution in [0.3, 0.4) is 0 Å². The minimum Gasteiger partial charge on any atom is -0.398 e. The van der Waals surface area contributed by atoms with E-state index in [1.807, 2.05) is 19.1 Å². The van der Waals surface area contributed by atoms with Crippen molar-refractivity contribution in [2.75, 3.05) is 11.1 Å². The third-order valence-electron chi connectivity index (χ3n) is 2.61. The molecule has 4 N–H and O–H groups in total. The summed E-state index contributed by atoms with van der Waals surface area (Å²) in [5.41, 5.74) is 9.37. The molecule has 1 aromatic heterocycles. The Kier molecular flexibility index (Phi) is 2.82. The summed E-state index contributed by atoms with van der Waals surface area (Å²) < 4.78 is 0. The van der Waals surface area contributed by atoms with Gasteiger partial charge in [0.1, 0.15) is 0 Å². The molecule has 0 radical (unpaired) electrons. The molecule has 2 rings (SSSR count). The number of hydrogen-bond acceptors (Lipinski definition) is 3. The van der Waals surface area contributed by atoms with Crippen molar-refractivity contribution < 1.29 is 4.79 Å². The highest BCUT2D eigenvalue weighted by Gasteiger charge is 2.11. The van der Waals surface area contributed by atoms with Gasteiger partial charge in [0.05, 0.1) is 11.8 Å². The van der Waals surface area contributed by atoms with Crippen molar-refractivity contribution in [1.29, 1.82) is 0 Å². The van der Waals surface area contributed by atoms with Crippen LogP contribution >= 0.6 is 0 Å². The third-order valence-corrected chi connectivity index (χ3v) is 2.61. The Morgan fingerprint density at radius 2 is 2.18 bits per heavy atom. The predicted molar refractivity (Wildman–Crippen MR) is 66.9 cm³/mol. The normalized spacial score (nSPS) is 10.2. The molecule has 0 aliphatic heterocycles.